The van der Waals surface area contributed by atoms with Gasteiger partial charge in [0.15, 0.2) is 17.7 Å². The molecular weight excluding hydrogens is 619 g/mol. The summed E-state index contributed by atoms with van der Waals surface area (Å²) in [5, 5.41) is 13.1. The van der Waals surface area contributed by atoms with Crippen LogP contribution in [-0.4, -0.2) is 53.7 Å². The predicted octanol–water partition coefficient (Wildman–Crippen LogP) is 1.24. The smallest absolute Gasteiger partial charge is 0.224 e. The van der Waals surface area contributed by atoms with Crippen molar-refractivity contribution in [1.82, 2.24) is 10.6 Å². The molecule has 0 aliphatic carbocycles. The molecule has 2 aromatic rings. The van der Waals surface area contributed by atoms with Crippen LogP contribution in [-0.2, 0) is 32.1 Å². The lowest BCUT2D eigenvalue weighted by Gasteiger charge is -2.26. The second-order valence-corrected chi connectivity index (χ2v) is 12.0. The van der Waals surface area contributed by atoms with Crippen LogP contribution in [0.3, 0.4) is 0 Å². The van der Waals surface area contributed by atoms with Gasteiger partial charge in [0.05, 0.1) is 17.3 Å². The summed E-state index contributed by atoms with van der Waals surface area (Å²) in [4.78, 5) is 60.5. The molecule has 0 bridgehead atoms. The van der Waals surface area contributed by atoms with Crippen LogP contribution < -0.4 is 39.3 Å². The number of amides is 2. The Morgan fingerprint density at radius 2 is 1.52 bits per heavy atom. The second-order valence-electron chi connectivity index (χ2n) is 12.0. The average Bonchev–Trinajstić information content (AvgIpc) is 2.99. The first kappa shape index (κ1) is 38.8. The molecule has 2 aromatic carbocycles. The number of nitrogens with zero attached hydrogens (tertiary/aromatic N) is 2. The molecule has 0 spiro atoms. The van der Waals surface area contributed by atoms with Crippen LogP contribution >= 0.6 is 0 Å². The van der Waals surface area contributed by atoms with Crippen molar-refractivity contribution in [1.29, 1.82) is 5.41 Å². The summed E-state index contributed by atoms with van der Waals surface area (Å²) in [7, 11) is 0. The molecule has 0 saturated carbocycles. The first-order valence-electron chi connectivity index (χ1n) is 15.5. The maximum atomic E-state index is 14.4. The number of amidine groups is 1. The fraction of sp³-hybridized carbons (Fsp3) is 0.424. The molecule has 2 rings (SSSR count). The lowest BCUT2D eigenvalue weighted by atomic mass is 9.87. The third-order valence-corrected chi connectivity index (χ3v) is 7.51. The van der Waals surface area contributed by atoms with Crippen LogP contribution in [0.2, 0.25) is 0 Å². The van der Waals surface area contributed by atoms with Gasteiger partial charge in [-0.05, 0) is 67.5 Å². The molecule has 0 saturated heterocycles. The van der Waals surface area contributed by atoms with Crippen LogP contribution in [0, 0.1) is 29.0 Å². The molecule has 13 N–H and O–H groups in total. The van der Waals surface area contributed by atoms with Gasteiger partial charge < -0.3 is 44.1 Å². The Hall–Kier alpha value is -5.34. The number of hydrogen-bond donors (Lipinski definition) is 8. The van der Waals surface area contributed by atoms with E-state index in [1.807, 2.05) is 0 Å². The number of nitrogens with two attached hydrogens (primary N) is 5. The number of rotatable bonds is 19. The maximum Gasteiger partial charge on any atom is 0.224 e. The van der Waals surface area contributed by atoms with Gasteiger partial charge in [-0.25, -0.2) is 9.38 Å². The highest BCUT2D eigenvalue weighted by Crippen LogP contribution is 2.21. The molecule has 48 heavy (non-hydrogen) atoms. The monoisotopic (exact) mass is 666 g/mol. The summed E-state index contributed by atoms with van der Waals surface area (Å²) >= 11 is 0. The maximum absolute atomic E-state index is 14.4. The van der Waals surface area contributed by atoms with Crippen LogP contribution in [0.5, 0.6) is 0 Å². The molecule has 260 valence electrons. The van der Waals surface area contributed by atoms with E-state index in [0.717, 1.165) is 5.56 Å². The van der Waals surface area contributed by atoms with Gasteiger partial charge in [0.2, 0.25) is 11.8 Å². The largest absolute Gasteiger partial charge is 0.384 e. The molecule has 14 nitrogen and oxygen atoms in total. The fourth-order valence-corrected chi connectivity index (χ4v) is 5.10. The zero-order valence-corrected chi connectivity index (χ0v) is 27.6. The highest BCUT2D eigenvalue weighted by Gasteiger charge is 2.31. The number of carbonyl (C=O) groups excluding carboxylic acids is 4. The number of benzene rings is 2. The molecule has 0 aromatic heterocycles. The summed E-state index contributed by atoms with van der Waals surface area (Å²) in [5.41, 5.74) is 28.7. The zero-order chi connectivity index (χ0) is 36.0. The van der Waals surface area contributed by atoms with Crippen molar-refractivity contribution in [2.75, 3.05) is 6.54 Å². The summed E-state index contributed by atoms with van der Waals surface area (Å²) in [5.74, 6) is -4.64. The number of nitrogens with one attached hydrogen (secondary N) is 3. The Morgan fingerprint density at radius 3 is 2.06 bits per heavy atom. The van der Waals surface area contributed by atoms with E-state index in [0.29, 0.717) is 24.1 Å². The van der Waals surface area contributed by atoms with Crippen molar-refractivity contribution in [3.63, 3.8) is 0 Å². The Labute approximate surface area is 279 Å². The molecule has 0 fully saturated rings. The average molecular weight is 667 g/mol. The van der Waals surface area contributed by atoms with Gasteiger partial charge in [0, 0.05) is 37.8 Å². The Balaban J connectivity index is 2.28. The molecule has 0 heterocycles. The van der Waals surface area contributed by atoms with Crippen LogP contribution in [0.4, 0.5) is 10.1 Å². The number of ketones is 2. The fourth-order valence-electron chi connectivity index (χ4n) is 5.10. The van der Waals surface area contributed by atoms with Gasteiger partial charge in [-0.15, -0.1) is 0 Å². The van der Waals surface area contributed by atoms with Gasteiger partial charge in [0.1, 0.15) is 17.4 Å². The Bertz CT molecular complexity index is 1520. The third-order valence-electron chi connectivity index (χ3n) is 7.51. The van der Waals surface area contributed by atoms with Gasteiger partial charge in [-0.1, -0.05) is 32.0 Å². The lowest BCUT2D eigenvalue weighted by molar-refractivity contribution is -0.134. The van der Waals surface area contributed by atoms with E-state index >= 15 is 0 Å². The number of hydrogen-bond acceptors (Lipinski definition) is 7. The van der Waals surface area contributed by atoms with E-state index < -0.39 is 41.3 Å². The minimum Gasteiger partial charge on any atom is -0.384 e. The number of carbonyl (C=O) groups is 4. The molecule has 3 atom stereocenters. The quantitative estimate of drug-likeness (QED) is 0.0608. The minimum absolute atomic E-state index is 0.0124. The second kappa shape index (κ2) is 18.7. The van der Waals surface area contributed by atoms with Crippen LogP contribution in [0.25, 0.3) is 0 Å². The van der Waals surface area contributed by atoms with E-state index in [1.165, 1.54) is 19.1 Å². The number of halogens is 1. The van der Waals surface area contributed by atoms with E-state index in [2.05, 4.69) is 20.6 Å². The van der Waals surface area contributed by atoms with Crippen molar-refractivity contribution >= 4 is 46.8 Å². The van der Waals surface area contributed by atoms with Crippen LogP contribution in [0.15, 0.2) is 52.4 Å². The molecule has 0 radical (unpaired) electrons. The molecule has 2 amide bonds. The van der Waals surface area contributed by atoms with E-state index in [9.17, 15) is 23.6 Å². The van der Waals surface area contributed by atoms with Crippen molar-refractivity contribution < 1.29 is 23.6 Å². The summed E-state index contributed by atoms with van der Waals surface area (Å²) in [6.07, 6.45) is 0.713. The first-order chi connectivity index (χ1) is 22.6. The van der Waals surface area contributed by atoms with Gasteiger partial charge in [-0.3, -0.25) is 24.8 Å². The third kappa shape index (κ3) is 13.2. The van der Waals surface area contributed by atoms with Crippen molar-refractivity contribution in [3.05, 3.63) is 65.0 Å². The van der Waals surface area contributed by atoms with Gasteiger partial charge in [-0.2, -0.15) is 0 Å². The number of Topliss-reactive ketones (excluding diaryl/α,β-unsaturated/α-hetero) is 2. The Kier molecular flexibility index (Phi) is 15.1. The molecular formula is C33H47FN10O4. The zero-order valence-electron chi connectivity index (χ0n) is 27.6. The van der Waals surface area contributed by atoms with E-state index in [-0.39, 0.29) is 67.3 Å². The molecule has 15 heteroatoms. The SMILES string of the molecule is CC(=O)C[C@@H](CCCN=C(N)N)C(=O)N[C@H](C(=O)C[C@@H](Cc1ccc(N=C(N)N)cc1)C(=O)NCc1ccc(C(=N)N)c(F)c1)C(C)C. The van der Waals surface area contributed by atoms with Crippen molar-refractivity contribution in [2.45, 2.75) is 65.5 Å². The molecule has 0 unspecified atom stereocenters. The number of aliphatic imine (C=N–C) groups is 2. The normalized spacial score (nSPS) is 12.7. The highest BCUT2D eigenvalue weighted by atomic mass is 19.1. The van der Waals surface area contributed by atoms with Crippen LogP contribution in [0.1, 0.15) is 63.1 Å². The number of guanidine groups is 2. The van der Waals surface area contributed by atoms with Crippen molar-refractivity contribution in [2.24, 2.45) is 56.4 Å². The van der Waals surface area contributed by atoms with Gasteiger partial charge >= 0.3 is 0 Å². The molecule has 0 aliphatic rings. The summed E-state index contributed by atoms with van der Waals surface area (Å²) in [6, 6.07) is 9.96. The number of nitrogen functional groups attached to an aromatic ring is 1. The van der Waals surface area contributed by atoms with E-state index in [1.54, 1.807) is 44.2 Å². The molecule has 0 aliphatic heterocycles. The van der Waals surface area contributed by atoms with E-state index in [4.69, 9.17) is 34.1 Å². The van der Waals surface area contributed by atoms with Crippen molar-refractivity contribution in [3.8, 4) is 0 Å². The topological polar surface area (TPSA) is 271 Å². The lowest BCUT2D eigenvalue weighted by Crippen LogP contribution is -2.48. The first-order valence-corrected chi connectivity index (χ1v) is 15.5. The minimum atomic E-state index is -0.933. The standard InChI is InChI=1S/C33H47FN10O4/c1-18(2)28(44-31(48)22(13-19(3)45)5-4-12-41-32(37)38)27(46)16-23(14-20-6-9-24(10-7-20)43-33(39)40)30(47)42-17-21-8-11-25(29(35)36)26(34)15-21/h6-11,15,18,22-23,28H,4-5,12-14,16-17H2,1-3H3,(H3,35,36)(H,42,47)(H,44,48)(H4,37,38,41)(H4,39,40,43)/t22-,23-,28+/m1/s1. The summed E-state index contributed by atoms with van der Waals surface area (Å²) in [6.45, 7) is 5.18. The summed E-state index contributed by atoms with van der Waals surface area (Å²) < 4.78 is 14.4. The highest BCUT2D eigenvalue weighted by molar-refractivity contribution is 5.95. The predicted molar refractivity (Wildman–Crippen MR) is 183 cm³/mol. The Morgan fingerprint density at radius 1 is 0.875 bits per heavy atom. The van der Waals surface area contributed by atoms with Gasteiger partial charge in [0.25, 0.3) is 0 Å².